The van der Waals surface area contributed by atoms with E-state index in [9.17, 15) is 8.60 Å². The zero-order chi connectivity index (χ0) is 15.3. The van der Waals surface area contributed by atoms with Crippen molar-refractivity contribution in [2.45, 2.75) is 76.0 Å². The predicted octanol–water partition coefficient (Wildman–Crippen LogP) is 5.85. The Balaban J connectivity index is 1.99. The van der Waals surface area contributed by atoms with E-state index in [1.54, 1.807) is 18.2 Å². The summed E-state index contributed by atoms with van der Waals surface area (Å²) in [5, 5.41) is 0. The minimum atomic E-state index is -1.18. The molecule has 0 saturated carbocycles. The zero-order valence-electron chi connectivity index (χ0n) is 13.3. The van der Waals surface area contributed by atoms with Gasteiger partial charge in [-0.1, -0.05) is 76.8 Å². The van der Waals surface area contributed by atoms with Crippen molar-refractivity contribution in [2.75, 3.05) is 5.75 Å². The Kier molecular flexibility index (Phi) is 10.4. The van der Waals surface area contributed by atoms with Gasteiger partial charge in [0.15, 0.2) is 0 Å². The first-order chi connectivity index (χ1) is 10.3. The number of hydrogen-bond donors (Lipinski definition) is 0. The molecule has 0 spiro atoms. The Morgan fingerprint density at radius 3 is 1.95 bits per heavy atom. The van der Waals surface area contributed by atoms with Gasteiger partial charge in [-0.25, -0.2) is 4.39 Å². The van der Waals surface area contributed by atoms with E-state index in [0.29, 0.717) is 10.6 Å². The van der Waals surface area contributed by atoms with Crippen molar-refractivity contribution >= 4 is 10.8 Å². The van der Waals surface area contributed by atoms with Crippen LogP contribution in [0.25, 0.3) is 0 Å². The summed E-state index contributed by atoms with van der Waals surface area (Å²) in [6.45, 7) is 2.24. The van der Waals surface area contributed by atoms with Crippen LogP contribution in [-0.2, 0) is 10.8 Å². The predicted molar refractivity (Wildman–Crippen MR) is 89.5 cm³/mol. The number of hydrogen-bond acceptors (Lipinski definition) is 1. The van der Waals surface area contributed by atoms with Crippen molar-refractivity contribution in [1.82, 2.24) is 0 Å². The molecular formula is C18H29FOS. The third kappa shape index (κ3) is 8.35. The van der Waals surface area contributed by atoms with Crippen LogP contribution in [0.2, 0.25) is 0 Å². The molecule has 0 aliphatic carbocycles. The largest absolute Gasteiger partial charge is 0.254 e. The van der Waals surface area contributed by atoms with Crippen LogP contribution in [-0.4, -0.2) is 9.96 Å². The first kappa shape index (κ1) is 18.3. The molecule has 0 saturated heterocycles. The Morgan fingerprint density at radius 2 is 1.38 bits per heavy atom. The highest BCUT2D eigenvalue weighted by atomic mass is 32.2. The first-order valence-electron chi connectivity index (χ1n) is 8.38. The fourth-order valence-corrected chi connectivity index (χ4v) is 3.66. The third-order valence-electron chi connectivity index (χ3n) is 3.77. The third-order valence-corrected chi connectivity index (χ3v) is 5.25. The Hall–Kier alpha value is -0.700. The summed E-state index contributed by atoms with van der Waals surface area (Å²) >= 11 is 0. The van der Waals surface area contributed by atoms with Crippen molar-refractivity contribution in [3.63, 3.8) is 0 Å². The molecule has 0 bridgehead atoms. The molecule has 0 radical (unpaired) electrons. The SMILES string of the molecule is CCCCCCCCCCCCS(=O)c1ccccc1F. The van der Waals surface area contributed by atoms with Crippen molar-refractivity contribution in [3.8, 4) is 0 Å². The molecule has 3 heteroatoms. The molecule has 1 rings (SSSR count). The summed E-state index contributed by atoms with van der Waals surface area (Å²) in [5.41, 5.74) is 0. The van der Waals surface area contributed by atoms with E-state index >= 15 is 0 Å². The zero-order valence-corrected chi connectivity index (χ0v) is 14.1. The highest BCUT2D eigenvalue weighted by Crippen LogP contribution is 2.14. The van der Waals surface area contributed by atoms with Gasteiger partial charge in [-0.15, -0.1) is 0 Å². The molecule has 0 aliphatic heterocycles. The molecule has 21 heavy (non-hydrogen) atoms. The van der Waals surface area contributed by atoms with E-state index in [1.807, 2.05) is 0 Å². The van der Waals surface area contributed by atoms with Crippen LogP contribution in [0.3, 0.4) is 0 Å². The van der Waals surface area contributed by atoms with Gasteiger partial charge in [-0.05, 0) is 18.6 Å². The molecule has 1 nitrogen and oxygen atoms in total. The summed E-state index contributed by atoms with van der Waals surface area (Å²) in [6, 6.07) is 6.39. The van der Waals surface area contributed by atoms with Crippen LogP contribution in [0, 0.1) is 5.82 Å². The summed E-state index contributed by atoms with van der Waals surface area (Å²) in [7, 11) is -1.18. The Bertz CT molecular complexity index is 406. The highest BCUT2D eigenvalue weighted by Gasteiger charge is 2.08. The minimum Gasteiger partial charge on any atom is -0.254 e. The van der Waals surface area contributed by atoms with E-state index in [4.69, 9.17) is 0 Å². The fraction of sp³-hybridized carbons (Fsp3) is 0.667. The number of rotatable bonds is 12. The topological polar surface area (TPSA) is 17.1 Å². The van der Waals surface area contributed by atoms with Gasteiger partial charge >= 0.3 is 0 Å². The maximum atomic E-state index is 13.5. The normalized spacial score (nSPS) is 12.5. The van der Waals surface area contributed by atoms with Crippen LogP contribution >= 0.6 is 0 Å². The molecule has 0 N–H and O–H groups in total. The second-order valence-electron chi connectivity index (χ2n) is 5.66. The first-order valence-corrected chi connectivity index (χ1v) is 9.70. The molecule has 0 aliphatic rings. The van der Waals surface area contributed by atoms with Gasteiger partial charge in [0.1, 0.15) is 5.82 Å². The summed E-state index contributed by atoms with van der Waals surface area (Å²) in [4.78, 5) is 0.355. The smallest absolute Gasteiger partial charge is 0.139 e. The van der Waals surface area contributed by atoms with Crippen LogP contribution < -0.4 is 0 Å². The van der Waals surface area contributed by atoms with Crippen molar-refractivity contribution < 1.29 is 8.60 Å². The van der Waals surface area contributed by atoms with Crippen LogP contribution in [0.5, 0.6) is 0 Å². The van der Waals surface area contributed by atoms with Crippen molar-refractivity contribution in [3.05, 3.63) is 30.1 Å². The summed E-state index contributed by atoms with van der Waals surface area (Å²) in [6.07, 6.45) is 12.6. The van der Waals surface area contributed by atoms with Gasteiger partial charge in [0.25, 0.3) is 0 Å². The highest BCUT2D eigenvalue weighted by molar-refractivity contribution is 7.85. The number of benzene rings is 1. The molecule has 0 amide bonds. The van der Waals surface area contributed by atoms with Gasteiger partial charge in [0.05, 0.1) is 15.7 Å². The maximum absolute atomic E-state index is 13.5. The molecular weight excluding hydrogens is 283 g/mol. The van der Waals surface area contributed by atoms with Gasteiger partial charge < -0.3 is 0 Å². The molecule has 1 unspecified atom stereocenters. The number of unbranched alkanes of at least 4 members (excludes halogenated alkanes) is 9. The fourth-order valence-electron chi connectivity index (χ4n) is 2.46. The lowest BCUT2D eigenvalue weighted by Crippen LogP contribution is -2.00. The summed E-state index contributed by atoms with van der Waals surface area (Å²) in [5.74, 6) is 0.236. The molecule has 1 aromatic rings. The van der Waals surface area contributed by atoms with E-state index in [-0.39, 0.29) is 5.82 Å². The second kappa shape index (κ2) is 11.9. The van der Waals surface area contributed by atoms with E-state index < -0.39 is 10.8 Å². The monoisotopic (exact) mass is 312 g/mol. The Morgan fingerprint density at radius 1 is 0.857 bits per heavy atom. The molecule has 0 heterocycles. The average Bonchev–Trinajstić information content (AvgIpc) is 2.49. The number of halogens is 1. The molecule has 120 valence electrons. The van der Waals surface area contributed by atoms with Crippen LogP contribution in [0.15, 0.2) is 29.2 Å². The van der Waals surface area contributed by atoms with Gasteiger partial charge in [-0.3, -0.25) is 4.21 Å². The van der Waals surface area contributed by atoms with Crippen LogP contribution in [0.1, 0.15) is 71.1 Å². The average molecular weight is 312 g/mol. The van der Waals surface area contributed by atoms with Crippen molar-refractivity contribution in [2.24, 2.45) is 0 Å². The quantitative estimate of drug-likeness (QED) is 0.442. The standard InChI is InChI=1S/C18H29FOS/c1-2-3-4-5-6-7-8-9-10-13-16-21(20)18-15-12-11-14-17(18)19/h11-12,14-15H,2-10,13,16H2,1H3. The molecule has 0 aromatic heterocycles. The van der Waals surface area contributed by atoms with Gasteiger partial charge in [-0.2, -0.15) is 0 Å². The Labute approximate surface area is 131 Å². The van der Waals surface area contributed by atoms with E-state index in [0.717, 1.165) is 12.8 Å². The molecule has 1 aromatic carbocycles. The lowest BCUT2D eigenvalue weighted by atomic mass is 10.1. The van der Waals surface area contributed by atoms with E-state index in [2.05, 4.69) is 6.92 Å². The van der Waals surface area contributed by atoms with Crippen molar-refractivity contribution in [1.29, 1.82) is 0 Å². The molecule has 1 atom stereocenters. The lowest BCUT2D eigenvalue weighted by molar-refractivity contribution is 0.561. The summed E-state index contributed by atoms with van der Waals surface area (Å²) < 4.78 is 25.4. The lowest BCUT2D eigenvalue weighted by Gasteiger charge is -2.04. The minimum absolute atomic E-state index is 0.345. The van der Waals surface area contributed by atoms with E-state index in [1.165, 1.54) is 57.4 Å². The van der Waals surface area contributed by atoms with Crippen LogP contribution in [0.4, 0.5) is 4.39 Å². The maximum Gasteiger partial charge on any atom is 0.139 e. The van der Waals surface area contributed by atoms with Gasteiger partial charge in [0.2, 0.25) is 0 Å². The molecule has 0 fully saturated rings. The van der Waals surface area contributed by atoms with Gasteiger partial charge in [0, 0.05) is 5.75 Å². The second-order valence-corrected chi connectivity index (χ2v) is 7.20.